The molecule has 3 aromatic heterocycles. The second kappa shape index (κ2) is 10.3. The zero-order chi connectivity index (χ0) is 24.5. The molecule has 4 heterocycles. The van der Waals surface area contributed by atoms with Gasteiger partial charge in [0.1, 0.15) is 0 Å². The van der Waals surface area contributed by atoms with E-state index in [1.165, 1.54) is 34.4 Å². The molecule has 0 radical (unpaired) electrons. The molecular weight excluding hydrogens is 517 g/mol. The zero-order valence-electron chi connectivity index (χ0n) is 19.8. The van der Waals surface area contributed by atoms with E-state index >= 15 is 0 Å². The zero-order valence-corrected chi connectivity index (χ0v) is 23.0. The number of ether oxygens (including phenoxy) is 6. The lowest BCUT2D eigenvalue weighted by Crippen LogP contribution is -2.33. The molecular formula is C23H26O7S4. The van der Waals surface area contributed by atoms with Crippen LogP contribution in [0.15, 0.2) is 10.8 Å². The number of rotatable bonds is 8. The Morgan fingerprint density at radius 3 is 1.74 bits per heavy atom. The van der Waals surface area contributed by atoms with Gasteiger partial charge in [0, 0.05) is 28.9 Å². The highest BCUT2D eigenvalue weighted by Crippen LogP contribution is 2.61. The van der Waals surface area contributed by atoms with Crippen LogP contribution in [0.2, 0.25) is 0 Å². The number of hydrogen-bond donors (Lipinski definition) is 0. The largest absolute Gasteiger partial charge is 0.492 e. The predicted molar refractivity (Wildman–Crippen MR) is 139 cm³/mol. The first kappa shape index (κ1) is 25.0. The maximum Gasteiger partial charge on any atom is 0.185 e. The second-order valence-electron chi connectivity index (χ2n) is 7.92. The van der Waals surface area contributed by atoms with E-state index in [0.29, 0.717) is 53.5 Å². The molecule has 4 rings (SSSR count). The van der Waals surface area contributed by atoms with Gasteiger partial charge in [0.05, 0.1) is 61.2 Å². The van der Waals surface area contributed by atoms with Crippen molar-refractivity contribution in [2.45, 2.75) is 13.8 Å². The molecule has 0 spiro atoms. The normalized spacial score (nSPS) is 14.4. The van der Waals surface area contributed by atoms with Crippen LogP contribution in [0.1, 0.15) is 13.8 Å². The van der Waals surface area contributed by atoms with Gasteiger partial charge < -0.3 is 28.4 Å². The summed E-state index contributed by atoms with van der Waals surface area (Å²) in [6.07, 6.45) is 0. The third-order valence-corrected chi connectivity index (χ3v) is 9.87. The van der Waals surface area contributed by atoms with Crippen molar-refractivity contribution in [1.29, 1.82) is 0 Å². The minimum Gasteiger partial charge on any atom is -0.492 e. The van der Waals surface area contributed by atoms with Gasteiger partial charge in [-0.15, -0.1) is 34.0 Å². The van der Waals surface area contributed by atoms with Crippen LogP contribution in [0, 0.1) is 5.41 Å². The van der Waals surface area contributed by atoms with E-state index in [0.717, 1.165) is 19.5 Å². The van der Waals surface area contributed by atoms with Crippen molar-refractivity contribution in [3.63, 3.8) is 0 Å². The lowest BCUT2D eigenvalue weighted by atomic mass is 9.96. The van der Waals surface area contributed by atoms with Gasteiger partial charge in [0.2, 0.25) is 0 Å². The van der Waals surface area contributed by atoms with Crippen LogP contribution in [-0.4, -0.2) is 52.5 Å². The quantitative estimate of drug-likeness (QED) is 0.329. The minimum absolute atomic E-state index is 0.0758. The van der Waals surface area contributed by atoms with Gasteiger partial charge >= 0.3 is 0 Å². The van der Waals surface area contributed by atoms with Crippen molar-refractivity contribution >= 4 is 50.9 Å². The van der Waals surface area contributed by atoms with E-state index < -0.39 is 0 Å². The molecule has 0 fully saturated rings. The smallest absolute Gasteiger partial charge is 0.185 e. The van der Waals surface area contributed by atoms with Crippen molar-refractivity contribution < 1.29 is 33.2 Å². The highest BCUT2D eigenvalue weighted by molar-refractivity contribution is 8.13. The summed E-state index contributed by atoms with van der Waals surface area (Å²) in [6, 6.07) is 0. The monoisotopic (exact) mass is 542 g/mol. The maximum absolute atomic E-state index is 11.6. The Balaban J connectivity index is 1.85. The first-order chi connectivity index (χ1) is 16.4. The fourth-order valence-corrected chi connectivity index (χ4v) is 7.66. The summed E-state index contributed by atoms with van der Waals surface area (Å²) in [6.45, 7) is 4.48. The van der Waals surface area contributed by atoms with E-state index in [4.69, 9.17) is 28.4 Å². The van der Waals surface area contributed by atoms with Gasteiger partial charge in [-0.05, 0) is 0 Å². The van der Waals surface area contributed by atoms with Crippen LogP contribution in [0.4, 0.5) is 0 Å². The molecule has 0 bridgehead atoms. The molecule has 0 unspecified atom stereocenters. The molecule has 0 atom stereocenters. The number of thioether (sulfide) groups is 1. The van der Waals surface area contributed by atoms with Crippen molar-refractivity contribution in [2.24, 2.45) is 5.41 Å². The first-order valence-electron chi connectivity index (χ1n) is 10.3. The average Bonchev–Trinajstić information content (AvgIpc) is 3.50. The first-order valence-corrected chi connectivity index (χ1v) is 13.9. The number of carbonyl (C=O) groups excluding carboxylic acids is 1. The van der Waals surface area contributed by atoms with Gasteiger partial charge in [0.25, 0.3) is 0 Å². The molecule has 1 aliphatic rings. The van der Waals surface area contributed by atoms with Gasteiger partial charge in [0.15, 0.2) is 39.6 Å². The topological polar surface area (TPSA) is 72.5 Å². The summed E-state index contributed by atoms with van der Waals surface area (Å²) in [5.41, 5.74) is -0.337. The third kappa shape index (κ3) is 4.58. The van der Waals surface area contributed by atoms with Crippen LogP contribution in [0.3, 0.4) is 0 Å². The van der Waals surface area contributed by atoms with Crippen molar-refractivity contribution in [3.8, 4) is 54.0 Å². The van der Waals surface area contributed by atoms with Gasteiger partial charge in [-0.3, -0.25) is 4.79 Å². The molecule has 0 saturated carbocycles. The molecule has 1 aliphatic heterocycles. The SMILES string of the molecule is COc1csc(-c2sc(-c3scc(OC)c3OC)c3c2OCC(C)(CSC(C)=O)CO3)c1OC. The molecule has 11 heteroatoms. The van der Waals surface area contributed by atoms with Gasteiger partial charge in [-0.25, -0.2) is 0 Å². The number of fused-ring (bicyclic) bond motifs is 1. The average molecular weight is 543 g/mol. The highest BCUT2D eigenvalue weighted by Gasteiger charge is 2.37. The fraction of sp³-hybridized carbons (Fsp3) is 0.435. The van der Waals surface area contributed by atoms with E-state index in [1.807, 2.05) is 10.8 Å². The number of methoxy groups -OCH3 is 4. The predicted octanol–water partition coefficient (Wildman–Crippen LogP) is 6.30. The summed E-state index contributed by atoms with van der Waals surface area (Å²) >= 11 is 5.89. The molecule has 0 saturated heterocycles. The van der Waals surface area contributed by atoms with Crippen LogP contribution in [-0.2, 0) is 4.79 Å². The lowest BCUT2D eigenvalue weighted by Gasteiger charge is -2.25. The Morgan fingerprint density at radius 2 is 1.35 bits per heavy atom. The van der Waals surface area contributed by atoms with Crippen molar-refractivity contribution in [3.05, 3.63) is 10.8 Å². The standard InChI is InChI=1S/C23H26O7S4/c1-12(24)33-11-23(2)9-29-17-18(30-10-23)22(20-16(28-6)14(26-4)8-32-20)34-21(17)19-15(27-5)13(25-3)7-31-19/h7-8H,9-11H2,1-6H3. The highest BCUT2D eigenvalue weighted by atomic mass is 32.2. The Bertz CT molecular complexity index is 1100. The fourth-order valence-electron chi connectivity index (χ4n) is 3.50. The molecule has 0 aromatic carbocycles. The van der Waals surface area contributed by atoms with Crippen LogP contribution in [0.25, 0.3) is 19.5 Å². The molecule has 34 heavy (non-hydrogen) atoms. The van der Waals surface area contributed by atoms with Crippen LogP contribution in [0.5, 0.6) is 34.5 Å². The molecule has 0 amide bonds. The Kier molecular flexibility index (Phi) is 7.56. The summed E-state index contributed by atoms with van der Waals surface area (Å²) in [5.74, 6) is 4.57. The Labute approximate surface area is 214 Å². The van der Waals surface area contributed by atoms with Gasteiger partial charge in [-0.1, -0.05) is 18.7 Å². The van der Waals surface area contributed by atoms with E-state index in [-0.39, 0.29) is 10.5 Å². The minimum atomic E-state index is -0.337. The summed E-state index contributed by atoms with van der Waals surface area (Å²) < 4.78 is 35.2. The van der Waals surface area contributed by atoms with Crippen molar-refractivity contribution in [2.75, 3.05) is 47.4 Å². The van der Waals surface area contributed by atoms with Crippen molar-refractivity contribution in [1.82, 2.24) is 0 Å². The molecule has 0 N–H and O–H groups in total. The lowest BCUT2D eigenvalue weighted by molar-refractivity contribution is -0.109. The Hall–Kier alpha value is -2.08. The summed E-state index contributed by atoms with van der Waals surface area (Å²) in [5, 5.41) is 3.91. The third-order valence-electron chi connectivity index (χ3n) is 5.26. The molecule has 3 aromatic rings. The van der Waals surface area contributed by atoms with E-state index in [2.05, 4.69) is 6.92 Å². The van der Waals surface area contributed by atoms with E-state index in [1.54, 1.807) is 46.7 Å². The molecule has 0 aliphatic carbocycles. The second-order valence-corrected chi connectivity index (χ2v) is 11.9. The summed E-state index contributed by atoms with van der Waals surface area (Å²) in [7, 11) is 6.49. The van der Waals surface area contributed by atoms with E-state index in [9.17, 15) is 4.79 Å². The Morgan fingerprint density at radius 1 is 0.882 bits per heavy atom. The summed E-state index contributed by atoms with van der Waals surface area (Å²) in [4.78, 5) is 15.2. The van der Waals surface area contributed by atoms with Crippen LogP contribution >= 0.6 is 45.8 Å². The number of thiophene rings is 3. The number of hydrogen-bond acceptors (Lipinski definition) is 11. The van der Waals surface area contributed by atoms with Gasteiger partial charge in [-0.2, -0.15) is 0 Å². The number of carbonyl (C=O) groups is 1. The molecule has 184 valence electrons. The maximum atomic E-state index is 11.6. The van der Waals surface area contributed by atoms with Crippen LogP contribution < -0.4 is 28.4 Å². The molecule has 7 nitrogen and oxygen atoms in total.